The number of carboxylic acid groups (broad SMARTS) is 3. The highest BCUT2D eigenvalue weighted by molar-refractivity contribution is 6.00. The quantitative estimate of drug-likeness (QED) is 0.0144. The van der Waals surface area contributed by atoms with E-state index in [4.69, 9.17) is 41.7 Å². The Kier molecular flexibility index (Phi) is 42.5. The van der Waals surface area contributed by atoms with Crippen molar-refractivity contribution in [3.05, 3.63) is 35.9 Å². The van der Waals surface area contributed by atoms with E-state index in [1.807, 2.05) is 29.8 Å². The Bertz CT molecular complexity index is 3210. The molecule has 1 saturated heterocycles. The highest BCUT2D eigenvalue weighted by atomic mass is 19.4. The molecule has 44 heteroatoms. The summed E-state index contributed by atoms with van der Waals surface area (Å²) in [7, 11) is 0. The van der Waals surface area contributed by atoms with Crippen molar-refractivity contribution in [3.8, 4) is 0 Å². The average Bonchev–Trinajstić information content (AvgIpc) is 0.810. The van der Waals surface area contributed by atoms with E-state index in [2.05, 4.69) is 47.5 Å². The van der Waals surface area contributed by atoms with Gasteiger partial charge in [0.15, 0.2) is 24.2 Å². The lowest BCUT2D eigenvalue weighted by molar-refractivity contribution is -0.193. The molecular formula is C64H101F6N15O23. The van der Waals surface area contributed by atoms with E-state index in [1.165, 1.54) is 44.2 Å². The number of aliphatic imine (C=N–C) groups is 1. The average molecular weight is 1560 g/mol. The predicted molar refractivity (Wildman–Crippen MR) is 365 cm³/mol. The van der Waals surface area contributed by atoms with E-state index in [0.29, 0.717) is 0 Å². The molecule has 0 spiro atoms. The smallest absolute Gasteiger partial charge is 0.480 e. The lowest BCUT2D eigenvalue weighted by Crippen LogP contribution is -2.64. The van der Waals surface area contributed by atoms with Crippen molar-refractivity contribution in [3.63, 3.8) is 0 Å². The van der Waals surface area contributed by atoms with E-state index in [9.17, 15) is 109 Å². The van der Waals surface area contributed by atoms with Gasteiger partial charge in [0.1, 0.15) is 54.9 Å². The number of halogens is 6. The molecule has 0 radical (unpaired) electrons. The number of aliphatic carboxylic acids is 3. The molecule has 1 heterocycles. The van der Waals surface area contributed by atoms with Crippen LogP contribution < -0.4 is 75.7 Å². The number of aliphatic hydroxyl groups excluding tert-OH is 4. The highest BCUT2D eigenvalue weighted by Gasteiger charge is 2.45. The molecule has 1 aromatic carbocycles. The predicted octanol–water partition coefficient (Wildman–Crippen LogP) is -4.45. The Morgan fingerprint density at radius 2 is 1.10 bits per heavy atom. The number of alkyl halides is 6. The van der Waals surface area contributed by atoms with Crippen LogP contribution >= 0.6 is 0 Å². The van der Waals surface area contributed by atoms with E-state index in [0.717, 1.165) is 6.92 Å². The first-order valence-corrected chi connectivity index (χ1v) is 33.6. The highest BCUT2D eigenvalue weighted by Crippen LogP contribution is 2.25. The fourth-order valence-corrected chi connectivity index (χ4v) is 9.50. The molecule has 15 atom stereocenters. The second kappa shape index (κ2) is 46.9. The number of ether oxygens (including phenoxy) is 1. The third-order valence-electron chi connectivity index (χ3n) is 15.3. The van der Waals surface area contributed by atoms with Crippen molar-refractivity contribution in [1.82, 2.24) is 58.5 Å². The van der Waals surface area contributed by atoms with E-state index in [-0.39, 0.29) is 68.4 Å². The van der Waals surface area contributed by atoms with Crippen LogP contribution in [0.15, 0.2) is 35.3 Å². The van der Waals surface area contributed by atoms with Gasteiger partial charge in [-0.15, -0.1) is 0 Å². The van der Waals surface area contributed by atoms with Gasteiger partial charge >= 0.3 is 36.2 Å². The van der Waals surface area contributed by atoms with Gasteiger partial charge in [-0.1, -0.05) is 106 Å². The summed E-state index contributed by atoms with van der Waals surface area (Å²) in [5.74, 6) is -24.9. The maximum Gasteiger partial charge on any atom is 0.490 e. The van der Waals surface area contributed by atoms with Crippen LogP contribution in [0, 0.1) is 29.6 Å². The summed E-state index contributed by atoms with van der Waals surface area (Å²) in [6, 6.07) is -11.3. The van der Waals surface area contributed by atoms with Gasteiger partial charge in [0.2, 0.25) is 59.1 Å². The molecule has 1 aliphatic heterocycles. The molecule has 0 unspecified atom stereocenters. The second-order valence-electron chi connectivity index (χ2n) is 26.4. The molecule has 108 heavy (non-hydrogen) atoms. The number of benzene rings is 1. The number of nitrogens with zero attached hydrogens (tertiary/aromatic N) is 1. The van der Waals surface area contributed by atoms with Gasteiger partial charge in [-0.25, -0.2) is 14.4 Å². The Labute approximate surface area is 616 Å². The van der Waals surface area contributed by atoms with Crippen LogP contribution in [0.2, 0.25) is 0 Å². The number of nitrogens with two attached hydrogens (primary N) is 3. The molecule has 0 aliphatic carbocycles. The van der Waals surface area contributed by atoms with Gasteiger partial charge in [-0.05, 0) is 74.2 Å². The minimum absolute atomic E-state index is 0.0282. The summed E-state index contributed by atoms with van der Waals surface area (Å²) in [4.78, 5) is 205. The molecular weight excluding hydrogens is 1460 g/mol. The van der Waals surface area contributed by atoms with Gasteiger partial charge < -0.3 is 116 Å². The lowest BCUT2D eigenvalue weighted by Gasteiger charge is -2.34. The number of carboxylic acids is 3. The standard InChI is InChI=1S/C60H99N15O19.2C2HF3O2/c1-12-31(10)41-54(88)73-42(32(11)77)53(87)65-24-39(78)71-44(47(82)58(92)66-25-40(79)80)56(90)70-38(26-76)59(93)94-48(33-17-14-13-15-18-33)45(75-52(86)37(23-29(6)7)68-49(83)34(61)21-27(2)3)57(91)74-43(46(81)30(8)9)55(89)69-36(22-28(4)5)51(85)67-35(50(84)72-41)19-16-20-64-60(62)63;2*3-2(4,5)1(6)7/h13-15,17-18,27-32,34-38,41-48,76-77,81-82H,12,16,19-26,61H2,1-11H3,(H,65,87)(H,66,92)(H,67,85)(H,68,83)(H,69,89)(H,70,90)(H,71,78)(H,72,84)(H,73,88)(H,74,91)(H,75,86)(H,79,80)(H4,62,63,64);2*(H,6,7)/t31-,32-,34+,35+,36-,37-,38-,41-,42-,43-,44-,45-,46+,47-,48+;;/m0../s1. The van der Waals surface area contributed by atoms with Gasteiger partial charge in [0.25, 0.3) is 5.91 Å². The van der Waals surface area contributed by atoms with Crippen molar-refractivity contribution < 1.29 is 139 Å². The number of guanidine groups is 1. The third kappa shape index (κ3) is 36.0. The van der Waals surface area contributed by atoms with Crippen LogP contribution in [-0.2, 0) is 76.7 Å². The van der Waals surface area contributed by atoms with E-state index in [1.54, 1.807) is 41.5 Å². The van der Waals surface area contributed by atoms with Crippen molar-refractivity contribution in [2.75, 3.05) is 26.2 Å². The number of hydrogen-bond acceptors (Lipinski definition) is 22. The zero-order valence-corrected chi connectivity index (χ0v) is 61.0. The molecule has 2 rings (SSSR count). The maximum absolute atomic E-state index is 15.4. The number of esters is 1. The zero-order valence-electron chi connectivity index (χ0n) is 61.0. The van der Waals surface area contributed by atoms with Crippen LogP contribution in [0.5, 0.6) is 0 Å². The summed E-state index contributed by atoms with van der Waals surface area (Å²) in [5, 5.41) is 93.7. The number of nitrogens with one attached hydrogen (secondary N) is 11. The number of hydrogen-bond donors (Lipinski definition) is 21. The number of carbonyl (C=O) groups excluding carboxylic acids is 12. The molecule has 24 N–H and O–H groups in total. The number of cyclic esters (lactones) is 1. The minimum Gasteiger partial charge on any atom is -0.480 e. The van der Waals surface area contributed by atoms with Crippen LogP contribution in [0.4, 0.5) is 26.3 Å². The van der Waals surface area contributed by atoms with E-state index >= 15 is 4.79 Å². The summed E-state index contributed by atoms with van der Waals surface area (Å²) >= 11 is 0. The molecule has 38 nitrogen and oxygen atoms in total. The summed E-state index contributed by atoms with van der Waals surface area (Å²) in [6.07, 6.45) is -18.6. The Balaban J connectivity index is 0.00000739. The molecule has 612 valence electrons. The number of carbonyl (C=O) groups is 15. The zero-order chi connectivity index (χ0) is 83.6. The Morgan fingerprint density at radius 3 is 1.57 bits per heavy atom. The number of amides is 11. The van der Waals surface area contributed by atoms with Crippen LogP contribution in [0.25, 0.3) is 0 Å². The summed E-state index contributed by atoms with van der Waals surface area (Å²) in [6.45, 7) is 13.9. The minimum atomic E-state index is -5.08. The first-order valence-electron chi connectivity index (χ1n) is 33.6. The first-order chi connectivity index (χ1) is 49.8. The normalized spacial score (nSPS) is 22.4. The van der Waals surface area contributed by atoms with Crippen LogP contribution in [0.3, 0.4) is 0 Å². The van der Waals surface area contributed by atoms with Crippen molar-refractivity contribution >= 4 is 94.8 Å². The second-order valence-corrected chi connectivity index (χ2v) is 26.4. The van der Waals surface area contributed by atoms with Gasteiger partial charge in [-0.3, -0.25) is 62.5 Å². The topological polar surface area (TPSA) is 630 Å². The third-order valence-corrected chi connectivity index (χ3v) is 15.3. The largest absolute Gasteiger partial charge is 0.490 e. The number of rotatable bonds is 25. The SMILES string of the molecule is CC[C@H](C)[C@@H]1NC(=O)[C@@H](CCCN=C(N)N)NC(=O)[C@H](CC(C)C)NC(=O)[C@H]([C@H](O)C(C)C)NC(=O)[C@@H](NC(=O)[C@H](CC(C)C)NC(=O)[C@H](N)CC(C)C)[C@@H](c2ccccc2)OC(=O)[C@H](CO)NC(=O)[C@H]([C@H](O)C(=O)NCC(=O)O)NC(=O)CNC(=O)[C@H]([C@H](C)O)NC1=O.O=C(O)C(F)(F)F.O=C(O)C(F)(F)F. The monoisotopic (exact) mass is 1560 g/mol. The molecule has 0 aromatic heterocycles. The molecule has 11 amide bonds. The van der Waals surface area contributed by atoms with Crippen molar-refractivity contribution in [2.24, 2.45) is 51.8 Å². The number of aliphatic hydroxyl groups is 4. The molecule has 1 fully saturated rings. The molecule has 0 bridgehead atoms. The fourth-order valence-electron chi connectivity index (χ4n) is 9.50. The van der Waals surface area contributed by atoms with E-state index < -0.39 is 223 Å². The van der Waals surface area contributed by atoms with Crippen molar-refractivity contribution in [1.29, 1.82) is 0 Å². The Morgan fingerprint density at radius 1 is 0.611 bits per heavy atom. The maximum atomic E-state index is 15.4. The summed E-state index contributed by atoms with van der Waals surface area (Å²) < 4.78 is 69.4. The van der Waals surface area contributed by atoms with Crippen LogP contribution in [-0.4, -0.2) is 248 Å². The van der Waals surface area contributed by atoms with Crippen LogP contribution in [0.1, 0.15) is 126 Å². The summed E-state index contributed by atoms with van der Waals surface area (Å²) in [5.41, 5.74) is 17.2. The molecule has 1 aliphatic rings. The molecule has 0 saturated carbocycles. The molecule has 1 aromatic rings. The van der Waals surface area contributed by atoms with Crippen molar-refractivity contribution in [2.45, 2.75) is 212 Å². The van der Waals surface area contributed by atoms with Gasteiger partial charge in [-0.2, -0.15) is 26.3 Å². The van der Waals surface area contributed by atoms with Gasteiger partial charge in [0.05, 0.1) is 31.4 Å². The lowest BCUT2D eigenvalue weighted by atomic mass is 9.95. The first kappa shape index (κ1) is 97.9. The Hall–Kier alpha value is -10.1. The van der Waals surface area contributed by atoms with Gasteiger partial charge in [0, 0.05) is 6.54 Å². The fraction of sp³-hybridized carbons (Fsp3) is 0.656.